The lowest BCUT2D eigenvalue weighted by atomic mass is 10.0. The minimum atomic E-state index is 0.0375. The van der Waals surface area contributed by atoms with Gasteiger partial charge >= 0.3 is 0 Å². The number of fused-ring (bicyclic) bond motifs is 1. The Labute approximate surface area is 125 Å². The number of benzene rings is 1. The highest BCUT2D eigenvalue weighted by molar-refractivity contribution is 5.81. The van der Waals surface area contributed by atoms with E-state index in [4.69, 9.17) is 9.47 Å². The molecular formula is C16H22N2O3. The van der Waals surface area contributed by atoms with E-state index in [0.29, 0.717) is 13.3 Å². The number of hydrogen-bond acceptors (Lipinski definition) is 4. The fraction of sp³-hybridized carbons (Fsp3) is 0.562. The summed E-state index contributed by atoms with van der Waals surface area (Å²) in [7, 11) is 2.03. The van der Waals surface area contributed by atoms with E-state index in [9.17, 15) is 4.79 Å². The minimum Gasteiger partial charge on any atom is -0.454 e. The van der Waals surface area contributed by atoms with Crippen LogP contribution in [0.2, 0.25) is 0 Å². The predicted octanol–water partition coefficient (Wildman–Crippen LogP) is 1.56. The van der Waals surface area contributed by atoms with E-state index in [1.54, 1.807) is 0 Å². The normalized spacial score (nSPS) is 21.3. The van der Waals surface area contributed by atoms with Crippen LogP contribution in [0.15, 0.2) is 18.2 Å². The number of hydrogen-bond donors (Lipinski definition) is 1. The van der Waals surface area contributed by atoms with Crippen LogP contribution in [0.3, 0.4) is 0 Å². The Morgan fingerprint density at radius 2 is 2.19 bits per heavy atom. The highest BCUT2D eigenvalue weighted by Crippen LogP contribution is 2.32. The Hall–Kier alpha value is -1.75. The van der Waals surface area contributed by atoms with Crippen LogP contribution in [0.5, 0.6) is 11.5 Å². The summed E-state index contributed by atoms with van der Waals surface area (Å²) in [6, 6.07) is 5.97. The summed E-state index contributed by atoms with van der Waals surface area (Å²) in [5.74, 6) is 1.75. The highest BCUT2D eigenvalue weighted by Gasteiger charge is 2.25. The second-order valence-corrected chi connectivity index (χ2v) is 5.72. The molecule has 1 amide bonds. The standard InChI is InChI=1S/C16H22N2O3/c1-18-9-3-2-4-13(18)16(19)17-8-7-12-5-6-14-15(10-12)21-11-20-14/h5-6,10,13H,2-4,7-9,11H2,1H3,(H,17,19)/t13-/m1/s1. The first kappa shape index (κ1) is 14.2. The number of likely N-dealkylation sites (N-methyl/N-ethyl adjacent to an activating group) is 1. The number of amides is 1. The van der Waals surface area contributed by atoms with Crippen LogP contribution >= 0.6 is 0 Å². The number of likely N-dealkylation sites (tertiary alicyclic amines) is 1. The maximum Gasteiger partial charge on any atom is 0.237 e. The molecule has 3 rings (SSSR count). The van der Waals surface area contributed by atoms with Crippen molar-refractivity contribution in [1.29, 1.82) is 0 Å². The van der Waals surface area contributed by atoms with Gasteiger partial charge in [-0.25, -0.2) is 0 Å². The summed E-state index contributed by atoms with van der Waals surface area (Å²) in [5, 5.41) is 3.05. The Bertz CT molecular complexity index is 518. The van der Waals surface area contributed by atoms with Gasteiger partial charge < -0.3 is 14.8 Å². The summed E-state index contributed by atoms with van der Waals surface area (Å²) < 4.78 is 10.6. The SMILES string of the molecule is CN1CCCC[C@@H]1C(=O)NCCc1ccc2c(c1)OCO2. The first-order valence-corrected chi connectivity index (χ1v) is 7.60. The molecule has 114 valence electrons. The van der Waals surface area contributed by atoms with Gasteiger partial charge in [-0.2, -0.15) is 0 Å². The van der Waals surface area contributed by atoms with E-state index in [2.05, 4.69) is 10.2 Å². The van der Waals surface area contributed by atoms with Crippen molar-refractivity contribution in [3.8, 4) is 11.5 Å². The maximum absolute atomic E-state index is 12.2. The number of nitrogens with zero attached hydrogens (tertiary/aromatic N) is 1. The Balaban J connectivity index is 1.48. The molecule has 5 heteroatoms. The lowest BCUT2D eigenvalue weighted by Gasteiger charge is -2.31. The number of carbonyl (C=O) groups excluding carboxylic acids is 1. The number of nitrogens with one attached hydrogen (secondary N) is 1. The van der Waals surface area contributed by atoms with Crippen LogP contribution in [0.1, 0.15) is 24.8 Å². The number of carbonyl (C=O) groups is 1. The van der Waals surface area contributed by atoms with Crippen molar-refractivity contribution >= 4 is 5.91 Å². The van der Waals surface area contributed by atoms with E-state index >= 15 is 0 Å². The van der Waals surface area contributed by atoms with Crippen LogP contribution in [-0.2, 0) is 11.2 Å². The quantitative estimate of drug-likeness (QED) is 0.914. The van der Waals surface area contributed by atoms with Crippen molar-refractivity contribution in [3.05, 3.63) is 23.8 Å². The summed E-state index contributed by atoms with van der Waals surface area (Å²) in [5.41, 5.74) is 1.15. The molecule has 1 aromatic rings. The third-order valence-electron chi connectivity index (χ3n) is 4.22. The lowest BCUT2D eigenvalue weighted by molar-refractivity contribution is -0.126. The molecule has 1 fully saturated rings. The monoisotopic (exact) mass is 290 g/mol. The zero-order valence-corrected chi connectivity index (χ0v) is 12.4. The Morgan fingerprint density at radius 1 is 1.33 bits per heavy atom. The first-order chi connectivity index (χ1) is 10.2. The van der Waals surface area contributed by atoms with Crippen LogP contribution in [0.4, 0.5) is 0 Å². The molecule has 21 heavy (non-hydrogen) atoms. The molecule has 2 heterocycles. The summed E-state index contributed by atoms with van der Waals surface area (Å²) >= 11 is 0. The van der Waals surface area contributed by atoms with Crippen LogP contribution < -0.4 is 14.8 Å². The highest BCUT2D eigenvalue weighted by atomic mass is 16.7. The molecule has 0 spiro atoms. The smallest absolute Gasteiger partial charge is 0.237 e. The molecule has 0 bridgehead atoms. The molecule has 5 nitrogen and oxygen atoms in total. The molecule has 2 aliphatic rings. The Morgan fingerprint density at radius 3 is 3.05 bits per heavy atom. The molecule has 1 atom stereocenters. The molecule has 1 aromatic carbocycles. The van der Waals surface area contributed by atoms with Crippen molar-refractivity contribution in [3.63, 3.8) is 0 Å². The third kappa shape index (κ3) is 3.29. The third-order valence-corrected chi connectivity index (χ3v) is 4.22. The lowest BCUT2D eigenvalue weighted by Crippen LogP contribution is -2.47. The van der Waals surface area contributed by atoms with Crippen LogP contribution in [-0.4, -0.2) is 43.8 Å². The average molecular weight is 290 g/mol. The van der Waals surface area contributed by atoms with Gasteiger partial charge in [-0.05, 0) is 50.6 Å². The van der Waals surface area contributed by atoms with E-state index in [-0.39, 0.29) is 11.9 Å². The molecule has 0 unspecified atom stereocenters. The van der Waals surface area contributed by atoms with E-state index < -0.39 is 0 Å². The van der Waals surface area contributed by atoms with Gasteiger partial charge in [0.2, 0.25) is 12.7 Å². The van der Waals surface area contributed by atoms with Crippen molar-refractivity contribution in [2.24, 2.45) is 0 Å². The van der Waals surface area contributed by atoms with Gasteiger partial charge in [0.05, 0.1) is 6.04 Å². The van der Waals surface area contributed by atoms with Crippen LogP contribution in [0.25, 0.3) is 0 Å². The minimum absolute atomic E-state index is 0.0375. The molecule has 1 N–H and O–H groups in total. The van der Waals surface area contributed by atoms with Crippen LogP contribution in [0, 0.1) is 0 Å². The molecule has 0 aliphatic carbocycles. The second-order valence-electron chi connectivity index (χ2n) is 5.72. The molecule has 2 aliphatic heterocycles. The second kappa shape index (κ2) is 6.35. The fourth-order valence-electron chi connectivity index (χ4n) is 2.95. The van der Waals surface area contributed by atoms with Gasteiger partial charge in [-0.1, -0.05) is 12.5 Å². The van der Waals surface area contributed by atoms with Crippen molar-refractivity contribution in [2.75, 3.05) is 26.9 Å². The van der Waals surface area contributed by atoms with Gasteiger partial charge in [0, 0.05) is 6.54 Å². The van der Waals surface area contributed by atoms with E-state index in [1.165, 1.54) is 6.42 Å². The molecule has 0 radical (unpaired) electrons. The largest absolute Gasteiger partial charge is 0.454 e. The summed E-state index contributed by atoms with van der Waals surface area (Å²) in [4.78, 5) is 14.3. The summed E-state index contributed by atoms with van der Waals surface area (Å²) in [6.45, 7) is 1.96. The molecular weight excluding hydrogens is 268 g/mol. The zero-order chi connectivity index (χ0) is 14.7. The predicted molar refractivity (Wildman–Crippen MR) is 79.5 cm³/mol. The first-order valence-electron chi connectivity index (χ1n) is 7.60. The fourth-order valence-corrected chi connectivity index (χ4v) is 2.95. The van der Waals surface area contributed by atoms with E-state index in [0.717, 1.165) is 42.9 Å². The van der Waals surface area contributed by atoms with Gasteiger partial charge in [0.15, 0.2) is 11.5 Å². The zero-order valence-electron chi connectivity index (χ0n) is 12.4. The average Bonchev–Trinajstić information content (AvgIpc) is 2.95. The number of ether oxygens (including phenoxy) is 2. The van der Waals surface area contributed by atoms with Crippen molar-refractivity contribution in [1.82, 2.24) is 10.2 Å². The number of rotatable bonds is 4. The maximum atomic E-state index is 12.2. The van der Waals surface area contributed by atoms with Gasteiger partial charge in [-0.15, -0.1) is 0 Å². The molecule has 1 saturated heterocycles. The van der Waals surface area contributed by atoms with Crippen molar-refractivity contribution in [2.45, 2.75) is 31.7 Å². The summed E-state index contributed by atoms with van der Waals surface area (Å²) in [6.07, 6.45) is 4.10. The number of piperidine rings is 1. The topological polar surface area (TPSA) is 50.8 Å². The molecule has 0 aromatic heterocycles. The van der Waals surface area contributed by atoms with Gasteiger partial charge in [0.25, 0.3) is 0 Å². The van der Waals surface area contributed by atoms with E-state index in [1.807, 2.05) is 25.2 Å². The van der Waals surface area contributed by atoms with Gasteiger partial charge in [0.1, 0.15) is 0 Å². The molecule has 0 saturated carbocycles. The van der Waals surface area contributed by atoms with Crippen molar-refractivity contribution < 1.29 is 14.3 Å². The van der Waals surface area contributed by atoms with Gasteiger partial charge in [-0.3, -0.25) is 9.69 Å². The Kier molecular flexibility index (Phi) is 4.29.